The highest BCUT2D eigenvalue weighted by molar-refractivity contribution is 6.02. The molecule has 1 aliphatic carbocycles. The summed E-state index contributed by atoms with van der Waals surface area (Å²) in [5.41, 5.74) is -1.36. The van der Waals surface area contributed by atoms with Gasteiger partial charge in [-0.1, -0.05) is 26.2 Å². The normalized spacial score (nSPS) is 19.8. The summed E-state index contributed by atoms with van der Waals surface area (Å²) in [6.45, 7) is 1.43. The summed E-state index contributed by atoms with van der Waals surface area (Å²) in [4.78, 5) is 34.0. The molecule has 1 rings (SSSR count). The van der Waals surface area contributed by atoms with Crippen LogP contribution in [0.2, 0.25) is 0 Å². The highest BCUT2D eigenvalue weighted by atomic mass is 16.4. The van der Waals surface area contributed by atoms with E-state index < -0.39 is 29.2 Å². The Kier molecular flexibility index (Phi) is 4.69. The standard InChI is InChI=1S/C12H19NO5/c1-8(9(14)15)7-13-10(16)12(11(17)18)5-3-2-4-6-12/h8H,2-7H2,1H3,(H,13,16)(H,14,15)(H,17,18)/t8-/m1/s1. The van der Waals surface area contributed by atoms with Crippen LogP contribution in [0.5, 0.6) is 0 Å². The van der Waals surface area contributed by atoms with Crippen LogP contribution in [0.15, 0.2) is 0 Å². The van der Waals surface area contributed by atoms with E-state index in [-0.39, 0.29) is 6.54 Å². The summed E-state index contributed by atoms with van der Waals surface area (Å²) in [7, 11) is 0. The van der Waals surface area contributed by atoms with Gasteiger partial charge in [-0.25, -0.2) is 0 Å². The number of rotatable bonds is 5. The molecule has 6 heteroatoms. The fraction of sp³-hybridized carbons (Fsp3) is 0.750. The van der Waals surface area contributed by atoms with E-state index in [4.69, 9.17) is 5.11 Å². The zero-order chi connectivity index (χ0) is 13.8. The third kappa shape index (κ3) is 3.00. The fourth-order valence-electron chi connectivity index (χ4n) is 2.20. The molecule has 3 N–H and O–H groups in total. The molecule has 0 aromatic heterocycles. The van der Waals surface area contributed by atoms with Gasteiger partial charge in [0.2, 0.25) is 5.91 Å². The van der Waals surface area contributed by atoms with E-state index in [9.17, 15) is 19.5 Å². The van der Waals surface area contributed by atoms with Crippen molar-refractivity contribution in [2.75, 3.05) is 6.54 Å². The van der Waals surface area contributed by atoms with Gasteiger partial charge in [0.05, 0.1) is 5.92 Å². The minimum absolute atomic E-state index is 0.0385. The van der Waals surface area contributed by atoms with Gasteiger partial charge in [-0.05, 0) is 12.8 Å². The second-order valence-electron chi connectivity index (χ2n) is 4.90. The van der Waals surface area contributed by atoms with E-state index in [1.807, 2.05) is 0 Å². The second-order valence-corrected chi connectivity index (χ2v) is 4.90. The Bertz CT molecular complexity index is 346. The molecule has 0 aromatic carbocycles. The van der Waals surface area contributed by atoms with Crippen molar-refractivity contribution in [2.24, 2.45) is 11.3 Å². The zero-order valence-corrected chi connectivity index (χ0v) is 10.4. The summed E-state index contributed by atoms with van der Waals surface area (Å²) >= 11 is 0. The van der Waals surface area contributed by atoms with Gasteiger partial charge in [-0.3, -0.25) is 14.4 Å². The first-order valence-corrected chi connectivity index (χ1v) is 6.14. The number of carbonyl (C=O) groups is 3. The molecule has 1 atom stereocenters. The lowest BCUT2D eigenvalue weighted by atomic mass is 9.73. The Labute approximate surface area is 105 Å². The first-order valence-electron chi connectivity index (χ1n) is 6.14. The summed E-state index contributed by atoms with van der Waals surface area (Å²) in [6, 6.07) is 0. The van der Waals surface area contributed by atoms with Gasteiger partial charge in [-0.2, -0.15) is 0 Å². The summed E-state index contributed by atoms with van der Waals surface area (Å²) in [6.07, 6.45) is 3.03. The molecular weight excluding hydrogens is 238 g/mol. The molecule has 0 heterocycles. The molecule has 1 saturated carbocycles. The van der Waals surface area contributed by atoms with Crippen molar-refractivity contribution < 1.29 is 24.6 Å². The number of nitrogens with one attached hydrogen (secondary N) is 1. The average Bonchev–Trinajstić information content (AvgIpc) is 2.35. The van der Waals surface area contributed by atoms with Gasteiger partial charge in [-0.15, -0.1) is 0 Å². The molecule has 6 nitrogen and oxygen atoms in total. The highest BCUT2D eigenvalue weighted by Gasteiger charge is 2.46. The minimum atomic E-state index is -1.36. The lowest BCUT2D eigenvalue weighted by Crippen LogP contribution is -2.49. The topological polar surface area (TPSA) is 104 Å². The van der Waals surface area contributed by atoms with Crippen LogP contribution in [0.4, 0.5) is 0 Å². The van der Waals surface area contributed by atoms with Gasteiger partial charge in [0, 0.05) is 6.54 Å². The predicted octanol–water partition coefficient (Wildman–Crippen LogP) is 0.858. The molecule has 0 saturated heterocycles. The Morgan fingerprint density at radius 2 is 1.72 bits per heavy atom. The van der Waals surface area contributed by atoms with Crippen molar-refractivity contribution in [1.82, 2.24) is 5.32 Å². The van der Waals surface area contributed by atoms with Gasteiger partial charge in [0.1, 0.15) is 5.41 Å². The van der Waals surface area contributed by atoms with E-state index in [1.165, 1.54) is 6.92 Å². The molecule has 0 bridgehead atoms. The first-order chi connectivity index (χ1) is 8.40. The predicted molar refractivity (Wildman–Crippen MR) is 63.0 cm³/mol. The lowest BCUT2D eigenvalue weighted by Gasteiger charge is -2.31. The van der Waals surface area contributed by atoms with Crippen molar-refractivity contribution >= 4 is 17.8 Å². The Balaban J connectivity index is 2.66. The highest BCUT2D eigenvalue weighted by Crippen LogP contribution is 2.36. The number of carboxylic acids is 2. The second kappa shape index (κ2) is 5.84. The third-order valence-corrected chi connectivity index (χ3v) is 3.54. The van der Waals surface area contributed by atoms with Crippen molar-refractivity contribution in [2.45, 2.75) is 39.0 Å². The van der Waals surface area contributed by atoms with Crippen molar-refractivity contribution in [3.8, 4) is 0 Å². The maximum atomic E-state index is 12.0. The fourth-order valence-corrected chi connectivity index (χ4v) is 2.20. The van der Waals surface area contributed by atoms with E-state index in [0.29, 0.717) is 25.7 Å². The number of carbonyl (C=O) groups excluding carboxylic acids is 1. The Hall–Kier alpha value is -1.59. The van der Waals surface area contributed by atoms with E-state index >= 15 is 0 Å². The van der Waals surface area contributed by atoms with Crippen molar-refractivity contribution in [3.05, 3.63) is 0 Å². The summed E-state index contributed by atoms with van der Waals surface area (Å²) in [5.74, 6) is -3.39. The minimum Gasteiger partial charge on any atom is -0.481 e. The van der Waals surface area contributed by atoms with Crippen LogP contribution < -0.4 is 5.32 Å². The largest absolute Gasteiger partial charge is 0.481 e. The van der Waals surface area contributed by atoms with Crippen LogP contribution in [0.1, 0.15) is 39.0 Å². The number of hydrogen-bond donors (Lipinski definition) is 3. The SMILES string of the molecule is C[C@H](CNC(=O)C1(C(=O)O)CCCCC1)C(=O)O. The third-order valence-electron chi connectivity index (χ3n) is 3.54. The van der Waals surface area contributed by atoms with E-state index in [2.05, 4.69) is 5.32 Å². The van der Waals surface area contributed by atoms with Crippen molar-refractivity contribution in [1.29, 1.82) is 0 Å². The number of amides is 1. The van der Waals surface area contributed by atoms with Crippen LogP contribution in [0, 0.1) is 11.3 Å². The first kappa shape index (κ1) is 14.5. The molecule has 1 amide bonds. The quantitative estimate of drug-likeness (QED) is 0.634. The molecule has 18 heavy (non-hydrogen) atoms. The van der Waals surface area contributed by atoms with Gasteiger partial charge >= 0.3 is 11.9 Å². The monoisotopic (exact) mass is 257 g/mol. The Morgan fingerprint density at radius 1 is 1.17 bits per heavy atom. The van der Waals surface area contributed by atoms with Crippen LogP contribution in [0.25, 0.3) is 0 Å². The Morgan fingerprint density at radius 3 is 2.17 bits per heavy atom. The molecule has 0 unspecified atom stereocenters. The number of aliphatic carboxylic acids is 2. The molecular formula is C12H19NO5. The smallest absolute Gasteiger partial charge is 0.319 e. The molecule has 0 aliphatic heterocycles. The van der Waals surface area contributed by atoms with Crippen LogP contribution in [-0.4, -0.2) is 34.6 Å². The molecule has 0 aromatic rings. The van der Waals surface area contributed by atoms with Crippen molar-refractivity contribution in [3.63, 3.8) is 0 Å². The maximum Gasteiger partial charge on any atom is 0.319 e. The van der Waals surface area contributed by atoms with E-state index in [0.717, 1.165) is 6.42 Å². The average molecular weight is 257 g/mol. The number of carboxylic acid groups (broad SMARTS) is 2. The summed E-state index contributed by atoms with van der Waals surface area (Å²) < 4.78 is 0. The zero-order valence-electron chi connectivity index (χ0n) is 10.4. The molecule has 1 fully saturated rings. The van der Waals surface area contributed by atoms with Gasteiger partial charge in [0.15, 0.2) is 0 Å². The van der Waals surface area contributed by atoms with Gasteiger partial charge in [0.25, 0.3) is 0 Å². The van der Waals surface area contributed by atoms with Gasteiger partial charge < -0.3 is 15.5 Å². The molecule has 1 aliphatic rings. The lowest BCUT2D eigenvalue weighted by molar-refractivity contribution is -0.158. The van der Waals surface area contributed by atoms with Crippen LogP contribution in [-0.2, 0) is 14.4 Å². The summed E-state index contributed by atoms with van der Waals surface area (Å²) in [5, 5.41) is 20.4. The van der Waals surface area contributed by atoms with Crippen LogP contribution in [0.3, 0.4) is 0 Å². The molecule has 102 valence electrons. The maximum absolute atomic E-state index is 12.0. The molecule has 0 spiro atoms. The molecule has 0 radical (unpaired) electrons. The van der Waals surface area contributed by atoms with E-state index in [1.54, 1.807) is 0 Å². The number of hydrogen-bond acceptors (Lipinski definition) is 3. The van der Waals surface area contributed by atoms with Crippen LogP contribution >= 0.6 is 0 Å².